The highest BCUT2D eigenvalue weighted by Crippen LogP contribution is 2.15. The Labute approximate surface area is 157 Å². The summed E-state index contributed by atoms with van der Waals surface area (Å²) in [6.45, 7) is 0.826. The van der Waals surface area contributed by atoms with Crippen molar-refractivity contribution < 1.29 is 24.0 Å². The van der Waals surface area contributed by atoms with Gasteiger partial charge in [-0.15, -0.1) is 0 Å². The number of hydrogen-bond acceptors (Lipinski definition) is 4. The second kappa shape index (κ2) is 8.01. The molecule has 1 aliphatic heterocycles. The van der Waals surface area contributed by atoms with Gasteiger partial charge in [0, 0.05) is 5.56 Å². The summed E-state index contributed by atoms with van der Waals surface area (Å²) in [7, 11) is 3.48. The molecule has 1 N–H and O–H groups in total. The Morgan fingerprint density at radius 3 is 2.11 bits per heavy atom. The first-order chi connectivity index (χ1) is 13.0. The highest BCUT2D eigenvalue weighted by Gasteiger charge is 2.45. The van der Waals surface area contributed by atoms with Crippen LogP contribution >= 0.6 is 0 Å². The van der Waals surface area contributed by atoms with Crippen molar-refractivity contribution in [2.45, 2.75) is 13.1 Å². The summed E-state index contributed by atoms with van der Waals surface area (Å²) >= 11 is 0. The molecule has 3 rings (SSSR count). The first kappa shape index (κ1) is 18.6. The normalized spacial score (nSPS) is 15.4. The third-order valence-electron chi connectivity index (χ3n) is 4.41. The average Bonchev–Trinajstić information content (AvgIpc) is 2.87. The maximum Gasteiger partial charge on any atom is 0.339 e. The zero-order valence-electron chi connectivity index (χ0n) is 15.3. The monoisotopic (exact) mass is 368 g/mol. The van der Waals surface area contributed by atoms with Crippen LogP contribution in [0.15, 0.2) is 54.6 Å². The summed E-state index contributed by atoms with van der Waals surface area (Å²) in [5, 5.41) is 0. The molecule has 0 aromatic heterocycles. The first-order valence-corrected chi connectivity index (χ1v) is 8.65. The molecule has 0 aliphatic carbocycles. The molecule has 2 aromatic rings. The Kier molecular flexibility index (Phi) is 5.52. The number of quaternary nitrogens is 1. The van der Waals surface area contributed by atoms with Crippen LogP contribution in [0.5, 0.6) is 5.75 Å². The lowest BCUT2D eigenvalue weighted by molar-refractivity contribution is -0.901. The van der Waals surface area contributed by atoms with E-state index in [0.29, 0.717) is 6.54 Å². The van der Waals surface area contributed by atoms with Crippen molar-refractivity contribution >= 4 is 17.8 Å². The second-order valence-electron chi connectivity index (χ2n) is 6.53. The van der Waals surface area contributed by atoms with E-state index in [0.717, 1.165) is 31.6 Å². The number of nitrogens with zero attached hydrogens (tertiary/aromatic N) is 2. The SMILES string of the molecule is COc1ccc(C[NH+](C)CN2C(=O)C(=O)N(Cc3ccccc3)C2=O)cc1. The third-order valence-corrected chi connectivity index (χ3v) is 4.41. The largest absolute Gasteiger partial charge is 0.497 e. The minimum absolute atomic E-state index is 0.0955. The predicted octanol–water partition coefficient (Wildman–Crippen LogP) is 0.658. The molecule has 1 saturated heterocycles. The van der Waals surface area contributed by atoms with E-state index in [1.807, 2.05) is 61.6 Å². The van der Waals surface area contributed by atoms with Crippen molar-refractivity contribution in [2.75, 3.05) is 20.8 Å². The first-order valence-electron chi connectivity index (χ1n) is 8.65. The standard InChI is InChI=1S/C20H21N3O4/c1-21(12-16-8-10-17(27-2)11-9-16)14-23-19(25)18(24)22(20(23)26)13-15-6-4-3-5-7-15/h3-11H,12-14H2,1-2H3/p+1. The Bertz CT molecular complexity index is 836. The zero-order chi connectivity index (χ0) is 19.4. The lowest BCUT2D eigenvalue weighted by Crippen LogP contribution is -3.09. The lowest BCUT2D eigenvalue weighted by atomic mass is 10.2. The van der Waals surface area contributed by atoms with Crippen LogP contribution in [0.1, 0.15) is 11.1 Å². The molecule has 1 unspecified atom stereocenters. The van der Waals surface area contributed by atoms with Gasteiger partial charge in [-0.05, 0) is 29.8 Å². The molecular weight excluding hydrogens is 346 g/mol. The van der Waals surface area contributed by atoms with E-state index in [1.165, 1.54) is 0 Å². The van der Waals surface area contributed by atoms with E-state index in [2.05, 4.69) is 0 Å². The van der Waals surface area contributed by atoms with Gasteiger partial charge >= 0.3 is 17.8 Å². The van der Waals surface area contributed by atoms with Gasteiger partial charge in [0.25, 0.3) is 0 Å². The van der Waals surface area contributed by atoms with Crippen LogP contribution in [0.4, 0.5) is 4.79 Å². The summed E-state index contributed by atoms with van der Waals surface area (Å²) in [4.78, 5) is 40.0. The Morgan fingerprint density at radius 2 is 1.48 bits per heavy atom. The van der Waals surface area contributed by atoms with Crippen molar-refractivity contribution in [1.29, 1.82) is 0 Å². The number of amides is 4. The number of ether oxygens (including phenoxy) is 1. The number of carbonyl (C=O) groups excluding carboxylic acids is 3. The van der Waals surface area contributed by atoms with Crippen LogP contribution in [-0.4, -0.2) is 48.5 Å². The minimum atomic E-state index is -0.777. The van der Waals surface area contributed by atoms with Crippen molar-refractivity contribution in [3.63, 3.8) is 0 Å². The molecule has 4 amide bonds. The highest BCUT2D eigenvalue weighted by molar-refractivity contribution is 6.44. The van der Waals surface area contributed by atoms with E-state index in [4.69, 9.17) is 4.74 Å². The van der Waals surface area contributed by atoms with Gasteiger partial charge in [0.15, 0.2) is 6.67 Å². The minimum Gasteiger partial charge on any atom is -0.497 e. The fourth-order valence-corrected chi connectivity index (χ4v) is 3.01. The van der Waals surface area contributed by atoms with Crippen LogP contribution in [0.2, 0.25) is 0 Å². The number of carbonyl (C=O) groups is 3. The van der Waals surface area contributed by atoms with Gasteiger partial charge in [0.05, 0.1) is 20.7 Å². The maximum absolute atomic E-state index is 12.6. The molecule has 1 fully saturated rings. The van der Waals surface area contributed by atoms with Crippen LogP contribution in [0.3, 0.4) is 0 Å². The molecule has 27 heavy (non-hydrogen) atoms. The number of rotatable bonds is 7. The van der Waals surface area contributed by atoms with Gasteiger partial charge in [-0.2, -0.15) is 0 Å². The highest BCUT2D eigenvalue weighted by atomic mass is 16.5. The molecule has 0 saturated carbocycles. The van der Waals surface area contributed by atoms with E-state index in [9.17, 15) is 14.4 Å². The van der Waals surface area contributed by atoms with Crippen LogP contribution in [0, 0.1) is 0 Å². The summed E-state index contributed by atoms with van der Waals surface area (Å²) in [6, 6.07) is 16.2. The van der Waals surface area contributed by atoms with Gasteiger partial charge in [-0.25, -0.2) is 9.69 Å². The smallest absolute Gasteiger partial charge is 0.339 e. The Morgan fingerprint density at radius 1 is 0.852 bits per heavy atom. The summed E-state index contributed by atoms with van der Waals surface area (Å²) in [6.07, 6.45) is 0. The van der Waals surface area contributed by atoms with Gasteiger partial charge in [-0.3, -0.25) is 14.5 Å². The number of urea groups is 1. The van der Waals surface area contributed by atoms with Crippen LogP contribution in [0.25, 0.3) is 0 Å². The number of nitrogens with one attached hydrogen (secondary N) is 1. The molecule has 0 radical (unpaired) electrons. The second-order valence-corrected chi connectivity index (χ2v) is 6.53. The topological polar surface area (TPSA) is 71.4 Å². The molecule has 7 heteroatoms. The van der Waals surface area contributed by atoms with Gasteiger partial charge < -0.3 is 9.64 Å². The Hall–Kier alpha value is -3.19. The van der Waals surface area contributed by atoms with Gasteiger partial charge in [0.2, 0.25) is 0 Å². The van der Waals surface area contributed by atoms with E-state index in [-0.39, 0.29) is 13.2 Å². The van der Waals surface area contributed by atoms with E-state index < -0.39 is 17.8 Å². The molecule has 0 spiro atoms. The zero-order valence-corrected chi connectivity index (χ0v) is 15.3. The lowest BCUT2D eigenvalue weighted by Gasteiger charge is -2.20. The quantitative estimate of drug-likeness (QED) is 0.576. The van der Waals surface area contributed by atoms with Crippen molar-refractivity contribution in [3.05, 3.63) is 65.7 Å². The van der Waals surface area contributed by atoms with E-state index >= 15 is 0 Å². The maximum atomic E-state index is 12.6. The number of imide groups is 2. The molecular formula is C20H22N3O4+. The summed E-state index contributed by atoms with van der Waals surface area (Å²) in [5.74, 6) is -0.783. The van der Waals surface area contributed by atoms with Crippen molar-refractivity contribution in [1.82, 2.24) is 9.80 Å². The van der Waals surface area contributed by atoms with Crippen LogP contribution < -0.4 is 9.64 Å². The summed E-state index contributed by atoms with van der Waals surface area (Å²) < 4.78 is 5.13. The molecule has 0 bridgehead atoms. The predicted molar refractivity (Wildman–Crippen MR) is 97.7 cm³/mol. The molecule has 1 atom stereocenters. The molecule has 140 valence electrons. The molecule has 1 aliphatic rings. The number of benzene rings is 2. The third kappa shape index (κ3) is 4.15. The molecule has 1 heterocycles. The van der Waals surface area contributed by atoms with Gasteiger partial charge in [0.1, 0.15) is 12.3 Å². The fourth-order valence-electron chi connectivity index (χ4n) is 3.01. The molecule has 2 aromatic carbocycles. The average molecular weight is 368 g/mol. The number of methoxy groups -OCH3 is 1. The number of hydrogen-bond donors (Lipinski definition) is 1. The summed E-state index contributed by atoms with van der Waals surface area (Å²) in [5.41, 5.74) is 1.84. The van der Waals surface area contributed by atoms with Crippen molar-refractivity contribution in [2.24, 2.45) is 0 Å². The molecule has 7 nitrogen and oxygen atoms in total. The van der Waals surface area contributed by atoms with Gasteiger partial charge in [-0.1, -0.05) is 30.3 Å². The Balaban J connectivity index is 1.64. The van der Waals surface area contributed by atoms with Crippen molar-refractivity contribution in [3.8, 4) is 5.75 Å². The van der Waals surface area contributed by atoms with Crippen LogP contribution in [-0.2, 0) is 22.7 Å². The fraction of sp³-hybridized carbons (Fsp3) is 0.250. The van der Waals surface area contributed by atoms with E-state index in [1.54, 1.807) is 7.11 Å².